The van der Waals surface area contributed by atoms with Crippen LogP contribution in [0.1, 0.15) is 19.3 Å². The van der Waals surface area contributed by atoms with Gasteiger partial charge in [-0.05, 0) is 6.42 Å². The largest absolute Gasteiger partial charge is 0.469 e. The summed E-state index contributed by atoms with van der Waals surface area (Å²) in [4.78, 5) is 21.1. The molecule has 0 aliphatic heterocycles. The van der Waals surface area contributed by atoms with Crippen molar-refractivity contribution >= 4 is 11.8 Å². The Morgan fingerprint density at radius 1 is 1.45 bits per heavy atom. The zero-order chi connectivity index (χ0) is 7.98. The predicted molar refractivity (Wildman–Crippen MR) is 36.2 cm³/mol. The van der Waals surface area contributed by atoms with Gasteiger partial charge in [-0.1, -0.05) is 0 Å². The van der Waals surface area contributed by atoms with Gasteiger partial charge in [0.15, 0.2) is 0 Å². The molecule has 0 aromatic heterocycles. The fraction of sp³-hybridized carbons (Fsp3) is 0.571. The molecule has 0 unspecified atom stereocenters. The maximum Gasteiger partial charge on any atom is 0.313 e. The van der Waals surface area contributed by atoms with Crippen LogP contribution in [0.25, 0.3) is 0 Å². The predicted octanol–water partition coefficient (Wildman–Crippen LogP) is 0.730. The van der Waals surface area contributed by atoms with Crippen LogP contribution in [0.2, 0.25) is 0 Å². The van der Waals surface area contributed by atoms with Crippen molar-refractivity contribution in [1.82, 2.24) is 0 Å². The third-order valence-corrected chi connectivity index (χ3v) is 1.02. The van der Waals surface area contributed by atoms with E-state index in [1.54, 1.807) is 0 Å². The standard InChI is InChI=1S/C7H11O3.Zn/c1-3-4-6(8)5-7(9)10-2;/h1,3-5H2,2H3;/q-1;. The number of ether oxygens (including phenoxy) is 1. The maximum absolute atomic E-state index is 10.7. The minimum Gasteiger partial charge on any atom is -0.469 e. The first kappa shape index (κ1) is 13.4. The average Bonchev–Trinajstić information content (AvgIpc) is 1.88. The van der Waals surface area contributed by atoms with Crippen LogP contribution in [0.3, 0.4) is 0 Å². The summed E-state index contributed by atoms with van der Waals surface area (Å²) < 4.78 is 4.29. The van der Waals surface area contributed by atoms with Gasteiger partial charge in [0.2, 0.25) is 0 Å². The summed E-state index contributed by atoms with van der Waals surface area (Å²) in [6.07, 6.45) is 0.775. The summed E-state index contributed by atoms with van der Waals surface area (Å²) in [5.74, 6) is -0.583. The van der Waals surface area contributed by atoms with Gasteiger partial charge in [0.25, 0.3) is 0 Å². The van der Waals surface area contributed by atoms with E-state index in [-0.39, 0.29) is 31.7 Å². The third kappa shape index (κ3) is 7.66. The molecule has 0 saturated carbocycles. The summed E-state index contributed by atoms with van der Waals surface area (Å²) in [5, 5.41) is 0. The molecule has 0 rings (SSSR count). The molecule has 0 amide bonds. The normalized spacial score (nSPS) is 8.18. The summed E-state index contributed by atoms with van der Waals surface area (Å²) in [5.41, 5.74) is 0. The fourth-order valence-electron chi connectivity index (χ4n) is 0.519. The van der Waals surface area contributed by atoms with Crippen molar-refractivity contribution in [2.45, 2.75) is 19.3 Å². The molecule has 0 atom stereocenters. The van der Waals surface area contributed by atoms with E-state index in [1.165, 1.54) is 7.11 Å². The van der Waals surface area contributed by atoms with Crippen LogP contribution >= 0.6 is 0 Å². The number of rotatable bonds is 4. The molecule has 0 aliphatic rings. The topological polar surface area (TPSA) is 43.4 Å². The van der Waals surface area contributed by atoms with E-state index in [9.17, 15) is 9.59 Å². The quantitative estimate of drug-likeness (QED) is 0.296. The average molecular weight is 209 g/mol. The molecule has 0 spiro atoms. The molecule has 0 heterocycles. The van der Waals surface area contributed by atoms with Crippen molar-refractivity contribution in [3.63, 3.8) is 0 Å². The number of Topliss-reactive ketones (excluding diaryl/α,β-unsaturated/α-hetero) is 1. The fourth-order valence-corrected chi connectivity index (χ4v) is 0.519. The van der Waals surface area contributed by atoms with Crippen LogP contribution in [0.15, 0.2) is 0 Å². The molecule has 0 saturated heterocycles. The monoisotopic (exact) mass is 207 g/mol. The molecule has 4 heteroatoms. The van der Waals surface area contributed by atoms with Gasteiger partial charge in [0.1, 0.15) is 12.2 Å². The summed E-state index contributed by atoms with van der Waals surface area (Å²) >= 11 is 0. The first-order chi connectivity index (χ1) is 4.70. The van der Waals surface area contributed by atoms with Crippen molar-refractivity contribution in [2.24, 2.45) is 0 Å². The van der Waals surface area contributed by atoms with E-state index in [0.717, 1.165) is 0 Å². The number of carbonyl (C=O) groups excluding carboxylic acids is 2. The Morgan fingerprint density at radius 2 is 2.00 bits per heavy atom. The SMILES string of the molecule is [CH2-]CCC(=O)CC(=O)OC.[Zn]. The Bertz CT molecular complexity index is 134. The summed E-state index contributed by atoms with van der Waals surface area (Å²) in [6.45, 7) is 3.49. The second-order valence-electron chi connectivity index (χ2n) is 1.90. The zero-order valence-corrected chi connectivity index (χ0v) is 9.73. The van der Waals surface area contributed by atoms with E-state index in [1.807, 2.05) is 0 Å². The number of ketones is 1. The molecule has 0 aliphatic carbocycles. The molecule has 60 valence electrons. The molecule has 3 nitrogen and oxygen atoms in total. The van der Waals surface area contributed by atoms with Crippen molar-refractivity contribution < 1.29 is 33.8 Å². The van der Waals surface area contributed by atoms with Crippen molar-refractivity contribution in [3.05, 3.63) is 6.92 Å². The number of hydrogen-bond donors (Lipinski definition) is 0. The Labute approximate surface area is 79.2 Å². The molecule has 0 N–H and O–H groups in total. The van der Waals surface area contributed by atoms with Crippen LogP contribution in [0.5, 0.6) is 0 Å². The van der Waals surface area contributed by atoms with Crippen LogP contribution < -0.4 is 0 Å². The minimum atomic E-state index is -0.474. The van der Waals surface area contributed by atoms with Crippen LogP contribution in [-0.4, -0.2) is 18.9 Å². The molecule has 0 bridgehead atoms. The van der Waals surface area contributed by atoms with Gasteiger partial charge in [0.05, 0.1) is 7.11 Å². The van der Waals surface area contributed by atoms with E-state index in [4.69, 9.17) is 0 Å². The van der Waals surface area contributed by atoms with Crippen LogP contribution in [0.4, 0.5) is 0 Å². The zero-order valence-electron chi connectivity index (χ0n) is 6.76. The second-order valence-corrected chi connectivity index (χ2v) is 1.90. The first-order valence-electron chi connectivity index (χ1n) is 3.08. The Hall–Kier alpha value is -0.237. The van der Waals surface area contributed by atoms with Gasteiger partial charge >= 0.3 is 5.97 Å². The van der Waals surface area contributed by atoms with Gasteiger partial charge in [0, 0.05) is 19.5 Å². The van der Waals surface area contributed by atoms with E-state index in [0.29, 0.717) is 12.8 Å². The Balaban J connectivity index is 0. The number of carbonyl (C=O) groups is 2. The van der Waals surface area contributed by atoms with Crippen molar-refractivity contribution in [2.75, 3.05) is 7.11 Å². The Kier molecular flexibility index (Phi) is 9.55. The van der Waals surface area contributed by atoms with Gasteiger partial charge in [-0.15, -0.1) is 0 Å². The molecule has 0 aromatic carbocycles. The second kappa shape index (κ2) is 7.87. The molecular weight excluding hydrogens is 197 g/mol. The summed E-state index contributed by atoms with van der Waals surface area (Å²) in [7, 11) is 1.26. The summed E-state index contributed by atoms with van der Waals surface area (Å²) in [6, 6.07) is 0. The van der Waals surface area contributed by atoms with Crippen LogP contribution in [-0.2, 0) is 33.8 Å². The molecule has 0 fully saturated rings. The van der Waals surface area contributed by atoms with E-state index < -0.39 is 5.97 Å². The molecule has 11 heavy (non-hydrogen) atoms. The first-order valence-corrected chi connectivity index (χ1v) is 3.08. The minimum absolute atomic E-state index is 0. The van der Waals surface area contributed by atoms with Gasteiger partial charge in [-0.25, -0.2) is 0 Å². The van der Waals surface area contributed by atoms with Gasteiger partial charge in [-0.3, -0.25) is 9.59 Å². The number of esters is 1. The van der Waals surface area contributed by atoms with Crippen molar-refractivity contribution in [1.29, 1.82) is 0 Å². The number of methoxy groups -OCH3 is 1. The van der Waals surface area contributed by atoms with Crippen molar-refractivity contribution in [3.8, 4) is 0 Å². The van der Waals surface area contributed by atoms with Gasteiger partial charge < -0.3 is 11.7 Å². The van der Waals surface area contributed by atoms with Gasteiger partial charge in [-0.2, -0.15) is 6.42 Å². The van der Waals surface area contributed by atoms with E-state index in [2.05, 4.69) is 11.7 Å². The van der Waals surface area contributed by atoms with Crippen LogP contribution in [0, 0.1) is 6.92 Å². The maximum atomic E-state index is 10.7. The smallest absolute Gasteiger partial charge is 0.313 e. The van der Waals surface area contributed by atoms with E-state index >= 15 is 0 Å². The molecular formula is C7H11O3Zn-. The number of hydrogen-bond acceptors (Lipinski definition) is 3. The Morgan fingerprint density at radius 3 is 2.36 bits per heavy atom. The molecule has 0 radical (unpaired) electrons. The third-order valence-electron chi connectivity index (χ3n) is 1.02. The molecule has 0 aromatic rings.